The molecule has 19 heavy (non-hydrogen) atoms. The first-order valence-corrected chi connectivity index (χ1v) is 7.32. The van der Waals surface area contributed by atoms with E-state index in [4.69, 9.17) is 5.11 Å². The highest BCUT2D eigenvalue weighted by atomic mass is 16.3. The van der Waals surface area contributed by atoms with Crippen LogP contribution in [0.3, 0.4) is 0 Å². The van der Waals surface area contributed by atoms with Crippen LogP contribution < -0.4 is 15.8 Å². The van der Waals surface area contributed by atoms with Crippen molar-refractivity contribution in [2.75, 3.05) is 31.1 Å². The summed E-state index contributed by atoms with van der Waals surface area (Å²) in [6.07, 6.45) is 4.42. The number of aliphatic hydroxyl groups is 1. The van der Waals surface area contributed by atoms with Crippen molar-refractivity contribution in [3.63, 3.8) is 0 Å². The van der Waals surface area contributed by atoms with E-state index in [1.54, 1.807) is 0 Å². The smallest absolute Gasteiger partial charge is 0.164 e. The van der Waals surface area contributed by atoms with Crippen molar-refractivity contribution in [2.45, 2.75) is 31.7 Å². The van der Waals surface area contributed by atoms with Crippen LogP contribution in [-0.4, -0.2) is 50.2 Å². The van der Waals surface area contributed by atoms with Gasteiger partial charge < -0.3 is 15.3 Å². The Morgan fingerprint density at radius 1 is 1.37 bits per heavy atom. The zero-order valence-corrected chi connectivity index (χ0v) is 11.8. The molecule has 5 heteroatoms. The van der Waals surface area contributed by atoms with Crippen LogP contribution in [0.2, 0.25) is 0 Å². The molecule has 0 spiro atoms. The van der Waals surface area contributed by atoms with Crippen molar-refractivity contribution in [3.8, 4) is 0 Å². The van der Waals surface area contributed by atoms with E-state index in [2.05, 4.69) is 27.3 Å². The number of hydrogen-bond donors (Lipinski definition) is 2. The lowest BCUT2D eigenvalue weighted by Crippen LogP contribution is -2.32. The number of anilines is 1. The SMILES string of the molecule is Bc1cccc(N2CCCC(NCCCO)CC2)n1. The molecule has 1 aliphatic rings. The van der Waals surface area contributed by atoms with E-state index in [1.165, 1.54) is 12.8 Å². The summed E-state index contributed by atoms with van der Waals surface area (Å²) < 4.78 is 0. The normalized spacial score (nSPS) is 20.3. The third kappa shape index (κ3) is 4.51. The van der Waals surface area contributed by atoms with Gasteiger partial charge in [0.15, 0.2) is 7.85 Å². The van der Waals surface area contributed by atoms with Crippen LogP contribution >= 0.6 is 0 Å². The summed E-state index contributed by atoms with van der Waals surface area (Å²) in [4.78, 5) is 7.00. The molecular weight excluding hydrogens is 237 g/mol. The molecule has 1 fully saturated rings. The van der Waals surface area contributed by atoms with Gasteiger partial charge in [-0.05, 0) is 43.9 Å². The lowest BCUT2D eigenvalue weighted by molar-refractivity contribution is 0.282. The van der Waals surface area contributed by atoms with E-state index >= 15 is 0 Å². The molecule has 4 nitrogen and oxygen atoms in total. The fraction of sp³-hybridized carbons (Fsp3) is 0.643. The van der Waals surface area contributed by atoms with Crippen molar-refractivity contribution in [1.29, 1.82) is 0 Å². The Hall–Kier alpha value is -1.07. The molecule has 1 aliphatic heterocycles. The van der Waals surface area contributed by atoms with E-state index in [1.807, 2.05) is 13.9 Å². The van der Waals surface area contributed by atoms with E-state index in [9.17, 15) is 0 Å². The number of rotatable bonds is 5. The number of hydrogen-bond acceptors (Lipinski definition) is 4. The number of pyridine rings is 1. The molecule has 0 saturated carbocycles. The van der Waals surface area contributed by atoms with Gasteiger partial charge in [-0.2, -0.15) is 0 Å². The summed E-state index contributed by atoms with van der Waals surface area (Å²) in [5.74, 6) is 1.11. The summed E-state index contributed by atoms with van der Waals surface area (Å²) in [6, 6.07) is 6.81. The van der Waals surface area contributed by atoms with Gasteiger partial charge in [0.05, 0.1) is 0 Å². The van der Waals surface area contributed by atoms with Gasteiger partial charge >= 0.3 is 0 Å². The molecule has 1 aromatic rings. The molecular formula is C14H24BN3O. The minimum absolute atomic E-state index is 0.277. The van der Waals surface area contributed by atoms with Crippen LogP contribution in [0, 0.1) is 0 Å². The topological polar surface area (TPSA) is 48.4 Å². The number of aliphatic hydroxyl groups excluding tert-OH is 1. The average molecular weight is 261 g/mol. The molecule has 0 aromatic carbocycles. The van der Waals surface area contributed by atoms with E-state index < -0.39 is 0 Å². The van der Waals surface area contributed by atoms with Crippen LogP contribution in [0.5, 0.6) is 0 Å². The first kappa shape index (κ1) is 14.3. The fourth-order valence-corrected chi connectivity index (χ4v) is 2.62. The molecule has 1 unspecified atom stereocenters. The maximum absolute atomic E-state index is 8.81. The minimum atomic E-state index is 0.277. The van der Waals surface area contributed by atoms with Gasteiger partial charge in [0, 0.05) is 25.7 Å². The van der Waals surface area contributed by atoms with Gasteiger partial charge in [0.25, 0.3) is 0 Å². The highest BCUT2D eigenvalue weighted by Crippen LogP contribution is 2.16. The summed E-state index contributed by atoms with van der Waals surface area (Å²) >= 11 is 0. The van der Waals surface area contributed by atoms with Crippen molar-refractivity contribution >= 4 is 19.3 Å². The molecule has 1 saturated heterocycles. The standard InChI is InChI=1S/C14H24BN3O/c15-13-5-1-6-14(17-13)18-9-2-4-12(7-10-18)16-8-3-11-19/h1,5-6,12,16,19H,2-4,7-11,15H2. The van der Waals surface area contributed by atoms with E-state index in [-0.39, 0.29) is 6.61 Å². The van der Waals surface area contributed by atoms with Gasteiger partial charge in [-0.25, -0.2) is 4.98 Å². The predicted molar refractivity (Wildman–Crippen MR) is 82.0 cm³/mol. The first-order chi connectivity index (χ1) is 9.29. The second-order valence-electron chi connectivity index (χ2n) is 5.28. The molecule has 2 heterocycles. The number of aromatic nitrogens is 1. The molecule has 0 bridgehead atoms. The Bertz CT molecular complexity index is 389. The first-order valence-electron chi connectivity index (χ1n) is 7.32. The van der Waals surface area contributed by atoms with Crippen molar-refractivity contribution in [2.24, 2.45) is 0 Å². The van der Waals surface area contributed by atoms with Gasteiger partial charge in [-0.1, -0.05) is 12.1 Å². The largest absolute Gasteiger partial charge is 0.396 e. The third-order valence-electron chi connectivity index (χ3n) is 3.69. The summed E-state index contributed by atoms with van der Waals surface area (Å²) in [7, 11) is 2.04. The minimum Gasteiger partial charge on any atom is -0.396 e. The predicted octanol–water partition coefficient (Wildman–Crippen LogP) is -0.329. The lowest BCUT2D eigenvalue weighted by Gasteiger charge is -2.22. The van der Waals surface area contributed by atoms with Crippen LogP contribution in [0.25, 0.3) is 0 Å². The Morgan fingerprint density at radius 2 is 2.26 bits per heavy atom. The molecule has 2 N–H and O–H groups in total. The molecule has 0 aliphatic carbocycles. The molecule has 0 amide bonds. The lowest BCUT2D eigenvalue weighted by atomic mass is 10.0. The zero-order valence-electron chi connectivity index (χ0n) is 11.8. The van der Waals surface area contributed by atoms with Gasteiger partial charge in [-0.3, -0.25) is 0 Å². The fourth-order valence-electron chi connectivity index (χ4n) is 2.62. The van der Waals surface area contributed by atoms with Crippen molar-refractivity contribution in [1.82, 2.24) is 10.3 Å². The third-order valence-corrected chi connectivity index (χ3v) is 3.69. The van der Waals surface area contributed by atoms with Gasteiger partial charge in [0.2, 0.25) is 0 Å². The highest BCUT2D eigenvalue weighted by molar-refractivity contribution is 6.30. The summed E-state index contributed by atoms with van der Waals surface area (Å²) in [5.41, 5.74) is 1.08. The molecule has 2 rings (SSSR count). The van der Waals surface area contributed by atoms with Crippen LogP contribution in [-0.2, 0) is 0 Å². The Labute approximate surface area is 116 Å². The molecule has 1 aromatic heterocycles. The van der Waals surface area contributed by atoms with E-state index in [0.29, 0.717) is 6.04 Å². The quantitative estimate of drug-likeness (QED) is 0.563. The molecule has 1 atom stereocenters. The van der Waals surface area contributed by atoms with Gasteiger partial charge in [-0.15, -0.1) is 0 Å². The Balaban J connectivity index is 1.86. The van der Waals surface area contributed by atoms with Crippen molar-refractivity contribution < 1.29 is 5.11 Å². The van der Waals surface area contributed by atoms with E-state index in [0.717, 1.165) is 43.9 Å². The van der Waals surface area contributed by atoms with Crippen LogP contribution in [0.4, 0.5) is 5.82 Å². The maximum Gasteiger partial charge on any atom is 0.164 e. The number of nitrogens with one attached hydrogen (secondary N) is 1. The van der Waals surface area contributed by atoms with Crippen LogP contribution in [0.1, 0.15) is 25.7 Å². The van der Waals surface area contributed by atoms with Gasteiger partial charge in [0.1, 0.15) is 5.82 Å². The Morgan fingerprint density at radius 3 is 3.05 bits per heavy atom. The second kappa shape index (κ2) is 7.51. The van der Waals surface area contributed by atoms with Crippen molar-refractivity contribution in [3.05, 3.63) is 18.2 Å². The molecule has 0 radical (unpaired) electrons. The Kier molecular flexibility index (Phi) is 5.67. The molecule has 104 valence electrons. The number of nitrogens with zero attached hydrogens (tertiary/aromatic N) is 2. The summed E-state index contributed by atoms with van der Waals surface area (Å²) in [5, 5.41) is 12.4. The zero-order chi connectivity index (χ0) is 13.5. The second-order valence-corrected chi connectivity index (χ2v) is 5.28. The monoisotopic (exact) mass is 261 g/mol. The average Bonchev–Trinajstić information content (AvgIpc) is 2.65. The maximum atomic E-state index is 8.81. The highest BCUT2D eigenvalue weighted by Gasteiger charge is 2.17. The summed E-state index contributed by atoms with van der Waals surface area (Å²) in [6.45, 7) is 3.35. The van der Waals surface area contributed by atoms with Crippen LogP contribution in [0.15, 0.2) is 18.2 Å².